The molecule has 14 heavy (non-hydrogen) atoms. The summed E-state index contributed by atoms with van der Waals surface area (Å²) in [6.07, 6.45) is 2.77. The molecule has 0 aliphatic carbocycles. The number of aliphatic hydroxyl groups excluding tert-OH is 1. The molecule has 1 aliphatic heterocycles. The number of hydrogen-bond acceptors (Lipinski definition) is 4. The van der Waals surface area contributed by atoms with Crippen molar-refractivity contribution in [3.05, 3.63) is 18.3 Å². The van der Waals surface area contributed by atoms with Gasteiger partial charge in [0.1, 0.15) is 0 Å². The summed E-state index contributed by atoms with van der Waals surface area (Å²) in [5, 5.41) is 9.02. The van der Waals surface area contributed by atoms with Gasteiger partial charge in [0.05, 0.1) is 5.69 Å². The Morgan fingerprint density at radius 3 is 3.14 bits per heavy atom. The van der Waals surface area contributed by atoms with Crippen molar-refractivity contribution in [3.8, 4) is 0 Å². The Kier molecular flexibility index (Phi) is 2.54. The molecule has 1 unspecified atom stereocenters. The summed E-state index contributed by atoms with van der Waals surface area (Å²) >= 11 is 0. The van der Waals surface area contributed by atoms with Crippen LogP contribution in [0.25, 0.3) is 0 Å². The predicted molar refractivity (Wildman–Crippen MR) is 56.1 cm³/mol. The number of aliphatic hydroxyl groups is 1. The van der Waals surface area contributed by atoms with Crippen molar-refractivity contribution in [3.63, 3.8) is 0 Å². The van der Waals surface area contributed by atoms with Crippen molar-refractivity contribution < 1.29 is 5.11 Å². The number of rotatable bonds is 2. The normalized spacial score (nSPS) is 21.5. The third kappa shape index (κ3) is 1.65. The molecule has 1 aromatic rings. The number of anilines is 2. The van der Waals surface area contributed by atoms with Gasteiger partial charge in [0, 0.05) is 31.8 Å². The van der Waals surface area contributed by atoms with E-state index in [2.05, 4.69) is 9.88 Å². The number of nitrogens with two attached hydrogens (primary N) is 1. The molecule has 1 aromatic heterocycles. The van der Waals surface area contributed by atoms with Crippen LogP contribution in [-0.2, 0) is 0 Å². The molecule has 1 saturated heterocycles. The van der Waals surface area contributed by atoms with Crippen LogP contribution in [0, 0.1) is 5.92 Å². The van der Waals surface area contributed by atoms with Gasteiger partial charge in [-0.25, -0.2) is 4.98 Å². The van der Waals surface area contributed by atoms with Crippen molar-refractivity contribution in [2.24, 2.45) is 5.92 Å². The third-order valence-corrected chi connectivity index (χ3v) is 2.66. The minimum absolute atomic E-state index is 0.253. The Labute approximate surface area is 83.4 Å². The lowest BCUT2D eigenvalue weighted by molar-refractivity contribution is 0.238. The van der Waals surface area contributed by atoms with Gasteiger partial charge in [-0.15, -0.1) is 0 Å². The van der Waals surface area contributed by atoms with Crippen LogP contribution in [0.5, 0.6) is 0 Å². The van der Waals surface area contributed by atoms with Crippen LogP contribution in [-0.4, -0.2) is 29.8 Å². The van der Waals surface area contributed by atoms with E-state index in [1.54, 1.807) is 6.20 Å². The zero-order chi connectivity index (χ0) is 9.97. The van der Waals surface area contributed by atoms with Crippen molar-refractivity contribution >= 4 is 11.5 Å². The molecule has 4 nitrogen and oxygen atoms in total. The second kappa shape index (κ2) is 3.84. The maximum Gasteiger partial charge on any atom is 0.151 e. The van der Waals surface area contributed by atoms with Crippen LogP contribution in [0.2, 0.25) is 0 Å². The van der Waals surface area contributed by atoms with E-state index in [1.165, 1.54) is 0 Å². The Morgan fingerprint density at radius 2 is 2.50 bits per heavy atom. The lowest BCUT2D eigenvalue weighted by atomic mass is 10.1. The fourth-order valence-corrected chi connectivity index (χ4v) is 1.85. The van der Waals surface area contributed by atoms with Crippen LogP contribution in [0.1, 0.15) is 6.42 Å². The molecule has 0 saturated carbocycles. The number of aromatic nitrogens is 1. The number of hydrogen-bond donors (Lipinski definition) is 2. The van der Waals surface area contributed by atoms with Crippen LogP contribution in [0.15, 0.2) is 18.3 Å². The number of nitrogens with zero attached hydrogens (tertiary/aromatic N) is 2. The summed E-state index contributed by atoms with van der Waals surface area (Å²) in [6, 6.07) is 3.69. The Balaban J connectivity index is 2.13. The smallest absolute Gasteiger partial charge is 0.151 e. The topological polar surface area (TPSA) is 62.4 Å². The monoisotopic (exact) mass is 193 g/mol. The molecule has 1 atom stereocenters. The first-order valence-corrected chi connectivity index (χ1v) is 4.87. The van der Waals surface area contributed by atoms with E-state index in [9.17, 15) is 0 Å². The first kappa shape index (κ1) is 9.27. The van der Waals surface area contributed by atoms with E-state index in [1.807, 2.05) is 12.1 Å². The molecule has 0 bridgehead atoms. The van der Waals surface area contributed by atoms with Crippen LogP contribution in [0.4, 0.5) is 11.5 Å². The van der Waals surface area contributed by atoms with Crippen molar-refractivity contribution in [1.82, 2.24) is 4.98 Å². The van der Waals surface area contributed by atoms with Crippen molar-refractivity contribution in [2.75, 3.05) is 30.3 Å². The van der Waals surface area contributed by atoms with Crippen LogP contribution in [0.3, 0.4) is 0 Å². The molecule has 76 valence electrons. The van der Waals surface area contributed by atoms with Gasteiger partial charge in [-0.05, 0) is 18.6 Å². The minimum Gasteiger partial charge on any atom is -0.396 e. The summed E-state index contributed by atoms with van der Waals surface area (Å²) in [6.45, 7) is 2.05. The highest BCUT2D eigenvalue weighted by Crippen LogP contribution is 2.25. The van der Waals surface area contributed by atoms with Gasteiger partial charge in [-0.1, -0.05) is 0 Å². The maximum absolute atomic E-state index is 9.02. The van der Waals surface area contributed by atoms with Gasteiger partial charge in [0.25, 0.3) is 0 Å². The van der Waals surface area contributed by atoms with Gasteiger partial charge in [0.2, 0.25) is 0 Å². The van der Waals surface area contributed by atoms with Gasteiger partial charge >= 0.3 is 0 Å². The first-order valence-electron chi connectivity index (χ1n) is 4.87. The molecule has 0 radical (unpaired) electrons. The van der Waals surface area contributed by atoms with Crippen molar-refractivity contribution in [2.45, 2.75) is 6.42 Å². The molecule has 2 rings (SSSR count). The van der Waals surface area contributed by atoms with Crippen LogP contribution >= 0.6 is 0 Å². The standard InChI is InChI=1S/C10H15N3O/c11-9-2-1-4-12-10(9)13-5-3-8(6-13)7-14/h1-2,4,8,14H,3,5-7,11H2. The largest absolute Gasteiger partial charge is 0.396 e. The Hall–Kier alpha value is -1.29. The van der Waals surface area contributed by atoms with E-state index >= 15 is 0 Å². The molecule has 3 N–H and O–H groups in total. The summed E-state index contributed by atoms with van der Waals surface area (Å²) in [5.41, 5.74) is 6.53. The fourth-order valence-electron chi connectivity index (χ4n) is 1.85. The zero-order valence-electron chi connectivity index (χ0n) is 8.06. The fraction of sp³-hybridized carbons (Fsp3) is 0.500. The zero-order valence-corrected chi connectivity index (χ0v) is 8.06. The highest BCUT2D eigenvalue weighted by atomic mass is 16.3. The second-order valence-corrected chi connectivity index (χ2v) is 3.70. The first-order chi connectivity index (χ1) is 6.81. The van der Waals surface area contributed by atoms with Gasteiger partial charge in [-0.3, -0.25) is 0 Å². The van der Waals surface area contributed by atoms with E-state index in [-0.39, 0.29) is 6.61 Å². The lowest BCUT2D eigenvalue weighted by Crippen LogP contribution is -2.22. The highest BCUT2D eigenvalue weighted by molar-refractivity contribution is 5.62. The molecular formula is C10H15N3O. The van der Waals surface area contributed by atoms with Gasteiger partial charge in [0.15, 0.2) is 5.82 Å². The Morgan fingerprint density at radius 1 is 1.64 bits per heavy atom. The summed E-state index contributed by atoms with van der Waals surface area (Å²) in [4.78, 5) is 6.38. The lowest BCUT2D eigenvalue weighted by Gasteiger charge is -2.18. The molecule has 0 amide bonds. The Bertz CT molecular complexity index is 316. The van der Waals surface area contributed by atoms with Gasteiger partial charge < -0.3 is 15.7 Å². The van der Waals surface area contributed by atoms with Crippen molar-refractivity contribution in [1.29, 1.82) is 0 Å². The van der Waals surface area contributed by atoms with E-state index in [4.69, 9.17) is 10.8 Å². The SMILES string of the molecule is Nc1cccnc1N1CCC(CO)C1. The molecule has 4 heteroatoms. The quantitative estimate of drug-likeness (QED) is 0.717. The molecule has 2 heterocycles. The summed E-state index contributed by atoms with van der Waals surface area (Å²) in [5.74, 6) is 1.22. The van der Waals surface area contributed by atoms with E-state index in [0.29, 0.717) is 11.6 Å². The average Bonchev–Trinajstić information content (AvgIpc) is 2.67. The molecule has 0 aromatic carbocycles. The van der Waals surface area contributed by atoms with E-state index < -0.39 is 0 Å². The maximum atomic E-state index is 9.02. The highest BCUT2D eigenvalue weighted by Gasteiger charge is 2.23. The number of pyridine rings is 1. The summed E-state index contributed by atoms with van der Waals surface area (Å²) < 4.78 is 0. The van der Waals surface area contributed by atoms with E-state index in [0.717, 1.165) is 25.3 Å². The molecule has 1 aliphatic rings. The molecule has 1 fully saturated rings. The number of nitrogen functional groups attached to an aromatic ring is 1. The predicted octanol–water partition coefficient (Wildman–Crippen LogP) is 0.482. The molecular weight excluding hydrogens is 178 g/mol. The van der Waals surface area contributed by atoms with Gasteiger partial charge in [-0.2, -0.15) is 0 Å². The molecule has 0 spiro atoms. The third-order valence-electron chi connectivity index (χ3n) is 2.66. The second-order valence-electron chi connectivity index (χ2n) is 3.70. The minimum atomic E-state index is 0.253. The summed E-state index contributed by atoms with van der Waals surface area (Å²) in [7, 11) is 0. The average molecular weight is 193 g/mol. The van der Waals surface area contributed by atoms with Crippen LogP contribution < -0.4 is 10.6 Å².